The minimum absolute atomic E-state index is 0.134. The summed E-state index contributed by atoms with van der Waals surface area (Å²) in [5.41, 5.74) is 1.97. The summed E-state index contributed by atoms with van der Waals surface area (Å²) in [6, 6.07) is 6.88. The minimum Gasteiger partial charge on any atom is -0.480 e. The Bertz CT molecular complexity index is 483. The molecule has 1 unspecified atom stereocenters. The number of anilines is 1. The molecule has 0 heterocycles. The van der Waals surface area contributed by atoms with Gasteiger partial charge in [-0.15, -0.1) is 0 Å². The maximum atomic E-state index is 11.9. The molecule has 1 amide bonds. The third kappa shape index (κ3) is 5.95. The predicted molar refractivity (Wildman–Crippen MR) is 83.5 cm³/mol. The summed E-state index contributed by atoms with van der Waals surface area (Å²) in [6.07, 6.45) is 0.226. The molecule has 0 fully saturated rings. The van der Waals surface area contributed by atoms with E-state index < -0.39 is 12.0 Å². The molecule has 0 bridgehead atoms. The monoisotopic (exact) mass is 292 g/mol. The molecular weight excluding hydrogens is 268 g/mol. The van der Waals surface area contributed by atoms with E-state index in [4.69, 9.17) is 5.11 Å². The van der Waals surface area contributed by atoms with Crippen LogP contribution >= 0.6 is 0 Å². The first kappa shape index (κ1) is 17.2. The van der Waals surface area contributed by atoms with Crippen molar-refractivity contribution in [2.45, 2.75) is 52.1 Å². The molecule has 3 N–H and O–H groups in total. The van der Waals surface area contributed by atoms with Gasteiger partial charge in [-0.2, -0.15) is 0 Å². The first-order chi connectivity index (χ1) is 9.79. The van der Waals surface area contributed by atoms with Crippen molar-refractivity contribution in [1.82, 2.24) is 5.32 Å². The van der Waals surface area contributed by atoms with Crippen LogP contribution < -0.4 is 10.6 Å². The highest BCUT2D eigenvalue weighted by Gasteiger charge is 2.16. The van der Waals surface area contributed by atoms with Crippen molar-refractivity contribution in [1.29, 1.82) is 0 Å². The Morgan fingerprint density at radius 1 is 1.10 bits per heavy atom. The molecule has 2 atom stereocenters. The van der Waals surface area contributed by atoms with Crippen LogP contribution in [0.2, 0.25) is 0 Å². The topological polar surface area (TPSA) is 78.4 Å². The number of benzene rings is 1. The highest BCUT2D eigenvalue weighted by molar-refractivity contribution is 5.91. The second-order valence-corrected chi connectivity index (χ2v) is 5.66. The van der Waals surface area contributed by atoms with Crippen molar-refractivity contribution in [2.75, 3.05) is 5.32 Å². The van der Waals surface area contributed by atoms with Gasteiger partial charge in [0.1, 0.15) is 6.04 Å². The van der Waals surface area contributed by atoms with Crippen LogP contribution in [0.3, 0.4) is 0 Å². The van der Waals surface area contributed by atoms with Crippen LogP contribution in [0.25, 0.3) is 0 Å². The molecule has 21 heavy (non-hydrogen) atoms. The standard InChI is InChI=1S/C16H24N2O3/c1-10(2)13-5-7-14(8-6-13)18-15(19)9-11(3)17-12(4)16(20)21/h5-8,10-12,17H,9H2,1-4H3,(H,18,19)(H,20,21)/t11?,12-/m0/s1. The molecule has 0 aliphatic carbocycles. The third-order valence-corrected chi connectivity index (χ3v) is 3.26. The van der Waals surface area contributed by atoms with Gasteiger partial charge in [0.2, 0.25) is 5.91 Å². The maximum Gasteiger partial charge on any atom is 0.320 e. The van der Waals surface area contributed by atoms with Gasteiger partial charge in [-0.1, -0.05) is 26.0 Å². The normalized spacial score (nSPS) is 13.8. The van der Waals surface area contributed by atoms with E-state index >= 15 is 0 Å². The summed E-state index contributed by atoms with van der Waals surface area (Å²) in [5, 5.41) is 14.5. The number of carboxylic acids is 1. The lowest BCUT2D eigenvalue weighted by Crippen LogP contribution is -2.41. The second kappa shape index (κ2) is 7.78. The smallest absolute Gasteiger partial charge is 0.320 e. The van der Waals surface area contributed by atoms with Crippen molar-refractivity contribution >= 4 is 17.6 Å². The molecular formula is C16H24N2O3. The largest absolute Gasteiger partial charge is 0.480 e. The number of hydrogen-bond donors (Lipinski definition) is 3. The van der Waals surface area contributed by atoms with E-state index in [0.29, 0.717) is 5.92 Å². The maximum absolute atomic E-state index is 11.9. The molecule has 116 valence electrons. The van der Waals surface area contributed by atoms with Crippen LogP contribution in [0.4, 0.5) is 5.69 Å². The zero-order valence-electron chi connectivity index (χ0n) is 13.0. The van der Waals surface area contributed by atoms with Gasteiger partial charge in [-0.3, -0.25) is 9.59 Å². The Kier molecular flexibility index (Phi) is 6.37. The van der Waals surface area contributed by atoms with E-state index in [9.17, 15) is 9.59 Å². The average molecular weight is 292 g/mol. The lowest BCUT2D eigenvalue weighted by Gasteiger charge is -2.16. The summed E-state index contributed by atoms with van der Waals surface area (Å²) in [4.78, 5) is 22.6. The zero-order valence-corrected chi connectivity index (χ0v) is 13.0. The van der Waals surface area contributed by atoms with Gasteiger partial charge in [0.15, 0.2) is 0 Å². The van der Waals surface area contributed by atoms with Crippen molar-refractivity contribution in [3.8, 4) is 0 Å². The quantitative estimate of drug-likeness (QED) is 0.722. The molecule has 0 saturated heterocycles. The number of nitrogens with one attached hydrogen (secondary N) is 2. The molecule has 0 spiro atoms. The SMILES string of the molecule is CC(CC(=O)Nc1ccc(C(C)C)cc1)N[C@@H](C)C(=O)O. The Hall–Kier alpha value is -1.88. The first-order valence-corrected chi connectivity index (χ1v) is 7.18. The molecule has 1 rings (SSSR count). The number of aliphatic carboxylic acids is 1. The fraction of sp³-hybridized carbons (Fsp3) is 0.500. The zero-order chi connectivity index (χ0) is 16.0. The van der Waals surface area contributed by atoms with Crippen LogP contribution in [0, 0.1) is 0 Å². The van der Waals surface area contributed by atoms with Crippen LogP contribution in [0.15, 0.2) is 24.3 Å². The molecule has 0 radical (unpaired) electrons. The average Bonchev–Trinajstić information content (AvgIpc) is 2.38. The predicted octanol–water partition coefficient (Wildman–Crippen LogP) is 2.59. The highest BCUT2D eigenvalue weighted by atomic mass is 16.4. The Morgan fingerprint density at radius 3 is 2.14 bits per heavy atom. The van der Waals surface area contributed by atoms with Crippen molar-refractivity contribution in [2.24, 2.45) is 0 Å². The summed E-state index contributed by atoms with van der Waals surface area (Å²) in [6.45, 7) is 7.58. The summed E-state index contributed by atoms with van der Waals surface area (Å²) in [7, 11) is 0. The molecule has 5 heteroatoms. The van der Waals surface area contributed by atoms with Gasteiger partial charge in [-0.05, 0) is 37.5 Å². The summed E-state index contributed by atoms with van der Waals surface area (Å²) >= 11 is 0. The Balaban J connectivity index is 2.48. The third-order valence-electron chi connectivity index (χ3n) is 3.26. The van der Waals surface area contributed by atoms with E-state index in [-0.39, 0.29) is 18.4 Å². The Labute approximate surface area is 125 Å². The fourth-order valence-corrected chi connectivity index (χ4v) is 2.00. The van der Waals surface area contributed by atoms with E-state index in [1.807, 2.05) is 24.3 Å². The van der Waals surface area contributed by atoms with E-state index in [1.54, 1.807) is 13.8 Å². The van der Waals surface area contributed by atoms with Crippen LogP contribution in [-0.4, -0.2) is 29.1 Å². The van der Waals surface area contributed by atoms with Gasteiger partial charge in [0, 0.05) is 18.2 Å². The summed E-state index contributed by atoms with van der Waals surface area (Å²) < 4.78 is 0. The number of hydrogen-bond acceptors (Lipinski definition) is 3. The van der Waals surface area contributed by atoms with E-state index in [2.05, 4.69) is 24.5 Å². The van der Waals surface area contributed by atoms with E-state index in [1.165, 1.54) is 5.56 Å². The van der Waals surface area contributed by atoms with Crippen molar-refractivity contribution < 1.29 is 14.7 Å². The number of carboxylic acid groups (broad SMARTS) is 1. The number of carbonyl (C=O) groups excluding carboxylic acids is 1. The van der Waals surface area contributed by atoms with Crippen molar-refractivity contribution in [3.05, 3.63) is 29.8 Å². The van der Waals surface area contributed by atoms with Gasteiger partial charge >= 0.3 is 5.97 Å². The molecule has 1 aromatic rings. The second-order valence-electron chi connectivity index (χ2n) is 5.66. The number of amides is 1. The van der Waals surface area contributed by atoms with Gasteiger partial charge in [-0.25, -0.2) is 0 Å². The molecule has 0 aromatic heterocycles. The molecule has 1 aromatic carbocycles. The highest BCUT2D eigenvalue weighted by Crippen LogP contribution is 2.17. The first-order valence-electron chi connectivity index (χ1n) is 7.18. The Morgan fingerprint density at radius 2 is 1.67 bits per heavy atom. The van der Waals surface area contributed by atoms with Crippen molar-refractivity contribution in [3.63, 3.8) is 0 Å². The van der Waals surface area contributed by atoms with Crippen LogP contribution in [0.5, 0.6) is 0 Å². The molecule has 0 aliphatic heterocycles. The number of rotatable bonds is 7. The lowest BCUT2D eigenvalue weighted by atomic mass is 10.0. The number of carbonyl (C=O) groups is 2. The van der Waals surface area contributed by atoms with Gasteiger partial charge in [0.25, 0.3) is 0 Å². The minimum atomic E-state index is -0.925. The van der Waals surface area contributed by atoms with Gasteiger partial charge in [0.05, 0.1) is 0 Å². The molecule has 0 saturated carbocycles. The fourth-order valence-electron chi connectivity index (χ4n) is 2.00. The lowest BCUT2D eigenvalue weighted by molar-refractivity contribution is -0.139. The van der Waals surface area contributed by atoms with E-state index in [0.717, 1.165) is 5.69 Å². The van der Waals surface area contributed by atoms with Crippen LogP contribution in [-0.2, 0) is 9.59 Å². The van der Waals surface area contributed by atoms with Crippen LogP contribution in [0.1, 0.15) is 45.6 Å². The molecule has 5 nitrogen and oxygen atoms in total. The van der Waals surface area contributed by atoms with Gasteiger partial charge < -0.3 is 15.7 Å². The molecule has 0 aliphatic rings. The summed E-state index contributed by atoms with van der Waals surface area (Å²) in [5.74, 6) is -0.604.